The molecule has 0 fully saturated rings. The summed E-state index contributed by atoms with van der Waals surface area (Å²) in [4.78, 5) is 11.0. The average Bonchev–Trinajstić information content (AvgIpc) is 2.69. The van der Waals surface area contributed by atoms with Crippen LogP contribution in [0.3, 0.4) is 0 Å². The number of primary sulfonamides is 1. The van der Waals surface area contributed by atoms with Crippen LogP contribution >= 0.6 is 0 Å². The van der Waals surface area contributed by atoms with E-state index in [2.05, 4.69) is 11.8 Å². The van der Waals surface area contributed by atoms with Crippen LogP contribution < -0.4 is 14.6 Å². The van der Waals surface area contributed by atoms with E-state index in [1.807, 2.05) is 0 Å². The lowest BCUT2D eigenvalue weighted by Gasteiger charge is -2.13. The number of benzene rings is 2. The number of rotatable bonds is 6. The first kappa shape index (κ1) is 26.2. The molecule has 0 saturated carbocycles. The Hall–Kier alpha value is -3.08. The molecule has 0 aromatic heterocycles. The number of ether oxygens (including phenoxy) is 1. The number of carbonyl (C=O) groups is 1. The number of hydrogen-bond donors (Lipinski definition) is 2. The van der Waals surface area contributed by atoms with Gasteiger partial charge >= 0.3 is 6.18 Å². The average molecular weight is 505 g/mol. The third kappa shape index (κ3) is 7.48. The molecule has 0 aliphatic heterocycles. The Morgan fingerprint density at radius 3 is 2.24 bits per heavy atom. The van der Waals surface area contributed by atoms with Crippen molar-refractivity contribution in [1.29, 1.82) is 0 Å². The van der Waals surface area contributed by atoms with Gasteiger partial charge in [-0.25, -0.2) is 26.7 Å². The van der Waals surface area contributed by atoms with Crippen LogP contribution in [0.15, 0.2) is 52.3 Å². The van der Waals surface area contributed by atoms with E-state index in [4.69, 9.17) is 9.88 Å². The molecule has 2 aromatic carbocycles. The zero-order valence-corrected chi connectivity index (χ0v) is 18.9. The second kappa shape index (κ2) is 9.82. The predicted molar refractivity (Wildman–Crippen MR) is 112 cm³/mol. The molecule has 0 radical (unpaired) electrons. The fourth-order valence-electron chi connectivity index (χ4n) is 2.41. The van der Waals surface area contributed by atoms with Gasteiger partial charge in [0, 0.05) is 11.5 Å². The summed E-state index contributed by atoms with van der Waals surface area (Å²) in [6.07, 6.45) is -4.66. The van der Waals surface area contributed by atoms with E-state index in [0.29, 0.717) is 0 Å². The summed E-state index contributed by atoms with van der Waals surface area (Å²) in [5, 5.41) is 5.02. The van der Waals surface area contributed by atoms with E-state index >= 15 is 0 Å². The van der Waals surface area contributed by atoms with Crippen molar-refractivity contribution < 1.29 is 39.5 Å². The molecule has 33 heavy (non-hydrogen) atoms. The van der Waals surface area contributed by atoms with E-state index in [0.717, 1.165) is 24.3 Å². The fourth-order valence-corrected chi connectivity index (χ4v) is 4.77. The van der Waals surface area contributed by atoms with Crippen LogP contribution in [-0.2, 0) is 20.0 Å². The lowest BCUT2D eigenvalue weighted by molar-refractivity contribution is -0.153. The van der Waals surface area contributed by atoms with Gasteiger partial charge < -0.3 is 4.74 Å². The maximum absolute atomic E-state index is 12.6. The molecule has 178 valence electrons. The molecule has 3 N–H and O–H groups in total. The Balaban J connectivity index is 2.43. The summed E-state index contributed by atoms with van der Waals surface area (Å²) in [6.45, 7) is 1.86. The zero-order chi connectivity index (χ0) is 25.0. The Bertz CT molecular complexity index is 1330. The van der Waals surface area contributed by atoms with Crippen molar-refractivity contribution in [3.63, 3.8) is 0 Å². The van der Waals surface area contributed by atoms with Crippen molar-refractivity contribution in [1.82, 2.24) is 4.72 Å². The van der Waals surface area contributed by atoms with Gasteiger partial charge in [-0.15, -0.1) is 0 Å². The van der Waals surface area contributed by atoms with E-state index in [9.17, 15) is 34.8 Å². The van der Waals surface area contributed by atoms with Crippen LogP contribution in [0.5, 0.6) is 5.75 Å². The second-order valence-corrected chi connectivity index (χ2v) is 10.1. The third-order valence-electron chi connectivity index (χ3n) is 3.80. The molecule has 0 bridgehead atoms. The number of nitrogens with one attached hydrogen (secondary N) is 1. The number of sulfonamides is 2. The number of nitrogens with two attached hydrogens (primary N) is 1. The summed E-state index contributed by atoms with van der Waals surface area (Å²) in [5.41, 5.74) is -0.300. The SMILES string of the molecule is CC(C)C#Cc1ccc(C(=O)NS(=O)(=O)c2ccccc2S(N)(=O)=O)cc1OCC(F)(F)F. The van der Waals surface area contributed by atoms with Gasteiger partial charge in [0.05, 0.1) is 5.56 Å². The van der Waals surface area contributed by atoms with E-state index in [1.165, 1.54) is 18.2 Å². The van der Waals surface area contributed by atoms with Crippen molar-refractivity contribution in [3.05, 3.63) is 53.6 Å². The Morgan fingerprint density at radius 1 is 1.09 bits per heavy atom. The maximum atomic E-state index is 12.6. The van der Waals surface area contributed by atoms with E-state index in [1.54, 1.807) is 18.6 Å². The molecular weight excluding hydrogens is 485 g/mol. The second-order valence-electron chi connectivity index (χ2n) is 6.97. The van der Waals surface area contributed by atoms with Gasteiger partial charge in [-0.2, -0.15) is 13.2 Å². The first-order valence-electron chi connectivity index (χ1n) is 9.14. The minimum Gasteiger partial charge on any atom is -0.483 e. The molecule has 0 atom stereocenters. The van der Waals surface area contributed by atoms with Gasteiger partial charge in [-0.3, -0.25) is 4.79 Å². The highest BCUT2D eigenvalue weighted by Gasteiger charge is 2.29. The molecule has 0 aliphatic rings. The molecule has 0 unspecified atom stereocenters. The standard InChI is InChI=1S/C20H19F3N2O6S2/c1-13(2)7-8-14-9-10-15(11-16(14)31-12-20(21,22)23)19(26)25-33(29,30)18-6-4-3-5-17(18)32(24,27)28/h3-6,9-11,13H,12H2,1-2H3,(H,25,26)(H2,24,27,28). The molecule has 0 heterocycles. The lowest BCUT2D eigenvalue weighted by Crippen LogP contribution is -2.32. The molecule has 0 spiro atoms. The first-order valence-corrected chi connectivity index (χ1v) is 12.2. The van der Waals surface area contributed by atoms with E-state index in [-0.39, 0.29) is 22.8 Å². The number of hydrogen-bond acceptors (Lipinski definition) is 6. The van der Waals surface area contributed by atoms with Crippen molar-refractivity contribution in [2.45, 2.75) is 29.8 Å². The van der Waals surface area contributed by atoms with Gasteiger partial charge in [-0.05, 0) is 30.3 Å². The lowest BCUT2D eigenvalue weighted by atomic mass is 10.1. The summed E-state index contributed by atoms with van der Waals surface area (Å²) >= 11 is 0. The Kier molecular flexibility index (Phi) is 7.79. The van der Waals surface area contributed by atoms with Crippen molar-refractivity contribution in [2.75, 3.05) is 6.61 Å². The van der Waals surface area contributed by atoms with E-state index < -0.39 is 48.5 Å². The quantitative estimate of drug-likeness (QED) is 0.581. The van der Waals surface area contributed by atoms with Gasteiger partial charge in [0.2, 0.25) is 10.0 Å². The first-order chi connectivity index (χ1) is 15.1. The number of carbonyl (C=O) groups excluding carboxylic acids is 1. The number of halogens is 3. The van der Waals surface area contributed by atoms with Crippen LogP contribution in [-0.4, -0.2) is 35.5 Å². The van der Waals surface area contributed by atoms with Crippen LogP contribution in [0.2, 0.25) is 0 Å². The van der Waals surface area contributed by atoms with Gasteiger partial charge in [0.25, 0.3) is 15.9 Å². The summed E-state index contributed by atoms with van der Waals surface area (Å²) in [7, 11) is -9.15. The minimum atomic E-state index is -4.71. The van der Waals surface area contributed by atoms with Crippen molar-refractivity contribution >= 4 is 26.0 Å². The summed E-state index contributed by atoms with van der Waals surface area (Å²) in [6, 6.07) is 7.59. The molecule has 2 rings (SSSR count). The molecular formula is C20H19F3N2O6S2. The topological polar surface area (TPSA) is 133 Å². The molecule has 8 nitrogen and oxygen atoms in total. The van der Waals surface area contributed by atoms with Crippen molar-refractivity contribution in [2.24, 2.45) is 11.1 Å². The number of alkyl halides is 3. The van der Waals surface area contributed by atoms with Crippen LogP contribution in [0.4, 0.5) is 13.2 Å². The highest BCUT2D eigenvalue weighted by Crippen LogP contribution is 2.24. The van der Waals surface area contributed by atoms with Crippen LogP contribution in [0, 0.1) is 17.8 Å². The molecule has 0 aliphatic carbocycles. The van der Waals surface area contributed by atoms with Gasteiger partial charge in [-0.1, -0.05) is 37.8 Å². The fraction of sp³-hybridized carbons (Fsp3) is 0.250. The van der Waals surface area contributed by atoms with Gasteiger partial charge in [0.1, 0.15) is 15.5 Å². The van der Waals surface area contributed by atoms with Crippen LogP contribution in [0.25, 0.3) is 0 Å². The van der Waals surface area contributed by atoms with Gasteiger partial charge in [0.15, 0.2) is 6.61 Å². The third-order valence-corrected chi connectivity index (χ3v) is 6.29. The molecule has 0 saturated heterocycles. The highest BCUT2D eigenvalue weighted by molar-refractivity contribution is 7.92. The number of amides is 1. The molecule has 1 amide bonds. The Labute approximate surface area is 189 Å². The van der Waals surface area contributed by atoms with Crippen molar-refractivity contribution in [3.8, 4) is 17.6 Å². The normalized spacial score (nSPS) is 12.1. The molecule has 13 heteroatoms. The van der Waals surface area contributed by atoms with Crippen LogP contribution in [0.1, 0.15) is 29.8 Å². The zero-order valence-electron chi connectivity index (χ0n) is 17.3. The largest absolute Gasteiger partial charge is 0.483 e. The predicted octanol–water partition coefficient (Wildman–Crippen LogP) is 2.40. The monoisotopic (exact) mass is 504 g/mol. The Morgan fingerprint density at radius 2 is 1.70 bits per heavy atom. The summed E-state index contributed by atoms with van der Waals surface area (Å²) in [5.74, 6) is 3.67. The minimum absolute atomic E-state index is 0.0620. The summed E-state index contributed by atoms with van der Waals surface area (Å²) < 4.78 is 92.8. The highest BCUT2D eigenvalue weighted by atomic mass is 32.2. The maximum Gasteiger partial charge on any atom is 0.422 e. The molecule has 2 aromatic rings. The smallest absolute Gasteiger partial charge is 0.422 e.